The highest BCUT2D eigenvalue weighted by Gasteiger charge is 2.21. The lowest BCUT2D eigenvalue weighted by atomic mass is 9.97. The van der Waals surface area contributed by atoms with Gasteiger partial charge in [0.25, 0.3) is 5.91 Å². The molecule has 1 amide bonds. The number of carbonyl (C=O) groups excluding carboxylic acids is 2. The van der Waals surface area contributed by atoms with Gasteiger partial charge in [-0.25, -0.2) is 0 Å². The number of nitrogens with one attached hydrogen (secondary N) is 1. The van der Waals surface area contributed by atoms with Crippen LogP contribution in [0.25, 0.3) is 0 Å². The SMILES string of the molecule is CC[C@@H](C(=O)OCC(=O)Nc1ccccc1OC(F)F)c1ccccc1. The van der Waals surface area contributed by atoms with E-state index >= 15 is 0 Å². The van der Waals surface area contributed by atoms with Crippen LogP contribution < -0.4 is 10.1 Å². The molecule has 26 heavy (non-hydrogen) atoms. The summed E-state index contributed by atoms with van der Waals surface area (Å²) in [5.74, 6) is -1.81. The number of carbonyl (C=O) groups is 2. The summed E-state index contributed by atoms with van der Waals surface area (Å²) < 4.78 is 34.1. The normalized spacial score (nSPS) is 11.7. The molecule has 0 radical (unpaired) electrons. The maximum absolute atomic E-state index is 12.4. The summed E-state index contributed by atoms with van der Waals surface area (Å²) in [5, 5.41) is 2.39. The largest absolute Gasteiger partial charge is 0.455 e. The van der Waals surface area contributed by atoms with E-state index in [1.165, 1.54) is 18.2 Å². The van der Waals surface area contributed by atoms with E-state index in [0.717, 1.165) is 5.56 Å². The van der Waals surface area contributed by atoms with Crippen molar-refractivity contribution in [1.82, 2.24) is 0 Å². The quantitative estimate of drug-likeness (QED) is 0.721. The van der Waals surface area contributed by atoms with Gasteiger partial charge in [-0.1, -0.05) is 49.4 Å². The molecule has 5 nitrogen and oxygen atoms in total. The number of hydrogen-bond acceptors (Lipinski definition) is 4. The second-order valence-electron chi connectivity index (χ2n) is 5.40. The summed E-state index contributed by atoms with van der Waals surface area (Å²) >= 11 is 0. The summed E-state index contributed by atoms with van der Waals surface area (Å²) in [4.78, 5) is 24.2. The predicted octanol–water partition coefficient (Wildman–Crippen LogP) is 3.96. The molecule has 0 aromatic heterocycles. The lowest BCUT2D eigenvalue weighted by molar-refractivity contribution is -0.149. The van der Waals surface area contributed by atoms with Crippen molar-refractivity contribution >= 4 is 17.6 Å². The van der Waals surface area contributed by atoms with Gasteiger partial charge in [-0.2, -0.15) is 8.78 Å². The van der Waals surface area contributed by atoms with E-state index in [1.54, 1.807) is 6.07 Å². The number of amides is 1. The molecule has 138 valence electrons. The van der Waals surface area contributed by atoms with Gasteiger partial charge in [0.1, 0.15) is 5.75 Å². The van der Waals surface area contributed by atoms with Crippen molar-refractivity contribution in [1.29, 1.82) is 0 Å². The van der Waals surface area contributed by atoms with E-state index < -0.39 is 31.0 Å². The number of halogens is 2. The van der Waals surface area contributed by atoms with Crippen molar-refractivity contribution in [3.05, 3.63) is 60.2 Å². The molecular formula is C19H19F2NO4. The first-order chi connectivity index (χ1) is 12.5. The molecule has 2 rings (SSSR count). The van der Waals surface area contributed by atoms with Gasteiger partial charge in [-0.3, -0.25) is 9.59 Å². The van der Waals surface area contributed by atoms with Crippen LogP contribution in [0.15, 0.2) is 54.6 Å². The molecular weight excluding hydrogens is 344 g/mol. The molecule has 0 saturated heterocycles. The van der Waals surface area contributed by atoms with E-state index in [0.29, 0.717) is 6.42 Å². The number of ether oxygens (including phenoxy) is 2. The zero-order chi connectivity index (χ0) is 18.9. The third-order valence-electron chi connectivity index (χ3n) is 3.62. The van der Waals surface area contributed by atoms with E-state index in [4.69, 9.17) is 4.74 Å². The lowest BCUT2D eigenvalue weighted by Gasteiger charge is -2.15. The van der Waals surface area contributed by atoms with Crippen LogP contribution in [0.5, 0.6) is 5.75 Å². The smallest absolute Gasteiger partial charge is 0.387 e. The number of benzene rings is 2. The zero-order valence-corrected chi connectivity index (χ0v) is 14.2. The molecule has 7 heteroatoms. The van der Waals surface area contributed by atoms with Crippen LogP contribution in [-0.2, 0) is 14.3 Å². The molecule has 0 unspecified atom stereocenters. The van der Waals surface area contributed by atoms with Crippen LogP contribution in [-0.4, -0.2) is 25.1 Å². The van der Waals surface area contributed by atoms with Gasteiger partial charge in [0.15, 0.2) is 6.61 Å². The highest BCUT2D eigenvalue weighted by atomic mass is 19.3. The first-order valence-corrected chi connectivity index (χ1v) is 8.06. The van der Waals surface area contributed by atoms with Crippen molar-refractivity contribution in [3.63, 3.8) is 0 Å². The number of anilines is 1. The fourth-order valence-electron chi connectivity index (χ4n) is 2.42. The Morgan fingerprint density at radius 3 is 2.35 bits per heavy atom. The van der Waals surface area contributed by atoms with Crippen LogP contribution >= 0.6 is 0 Å². The molecule has 0 aliphatic carbocycles. The molecule has 2 aromatic rings. The number of esters is 1. The maximum Gasteiger partial charge on any atom is 0.387 e. The van der Waals surface area contributed by atoms with Gasteiger partial charge in [-0.15, -0.1) is 0 Å². The lowest BCUT2D eigenvalue weighted by Crippen LogP contribution is -2.24. The minimum absolute atomic E-state index is 0.0731. The predicted molar refractivity (Wildman–Crippen MR) is 92.1 cm³/mol. The molecule has 0 aliphatic rings. The molecule has 0 saturated carbocycles. The van der Waals surface area contributed by atoms with Crippen LogP contribution in [0.1, 0.15) is 24.8 Å². The Hall–Kier alpha value is -2.96. The van der Waals surface area contributed by atoms with Crippen molar-refractivity contribution < 1.29 is 27.8 Å². The highest BCUT2D eigenvalue weighted by Crippen LogP contribution is 2.25. The summed E-state index contributed by atoms with van der Waals surface area (Å²) in [6.07, 6.45) is 0.523. The minimum Gasteiger partial charge on any atom is -0.455 e. The fourth-order valence-corrected chi connectivity index (χ4v) is 2.42. The third kappa shape index (κ3) is 5.54. The van der Waals surface area contributed by atoms with Crippen LogP contribution in [0, 0.1) is 0 Å². The van der Waals surface area contributed by atoms with Crippen molar-refractivity contribution in [2.45, 2.75) is 25.9 Å². The van der Waals surface area contributed by atoms with E-state index in [-0.39, 0.29) is 11.4 Å². The molecule has 2 aromatic carbocycles. The van der Waals surface area contributed by atoms with E-state index in [2.05, 4.69) is 10.1 Å². The molecule has 0 aliphatic heterocycles. The number of hydrogen-bond donors (Lipinski definition) is 1. The van der Waals surface area contributed by atoms with Gasteiger partial charge in [0, 0.05) is 0 Å². The van der Waals surface area contributed by atoms with Gasteiger partial charge in [-0.05, 0) is 24.1 Å². The third-order valence-corrected chi connectivity index (χ3v) is 3.62. The first kappa shape index (κ1) is 19.4. The second-order valence-corrected chi connectivity index (χ2v) is 5.40. The molecule has 1 N–H and O–H groups in total. The Balaban J connectivity index is 1.93. The molecule has 0 bridgehead atoms. The topological polar surface area (TPSA) is 64.6 Å². The highest BCUT2D eigenvalue weighted by molar-refractivity contribution is 5.94. The Bertz CT molecular complexity index is 737. The average Bonchev–Trinajstić information content (AvgIpc) is 2.63. The van der Waals surface area contributed by atoms with Gasteiger partial charge < -0.3 is 14.8 Å². The van der Waals surface area contributed by atoms with E-state index in [1.807, 2.05) is 37.3 Å². The molecule has 0 fully saturated rings. The maximum atomic E-state index is 12.4. The van der Waals surface area contributed by atoms with Crippen LogP contribution in [0.3, 0.4) is 0 Å². The second kappa shape index (κ2) is 9.50. The summed E-state index contributed by atoms with van der Waals surface area (Å²) in [7, 11) is 0. The minimum atomic E-state index is -3.01. The number of alkyl halides is 2. The summed E-state index contributed by atoms with van der Waals surface area (Å²) in [6.45, 7) is -1.69. The Morgan fingerprint density at radius 1 is 1.04 bits per heavy atom. The standard InChI is InChI=1S/C19H19F2NO4/c1-2-14(13-8-4-3-5-9-13)18(24)25-12-17(23)22-15-10-6-7-11-16(15)26-19(20)21/h3-11,14,19H,2,12H2,1H3,(H,22,23)/t14-/m1/s1. The molecule has 0 spiro atoms. The number of para-hydroxylation sites is 2. The Labute approximate surface area is 149 Å². The van der Waals surface area contributed by atoms with Gasteiger partial charge in [0.2, 0.25) is 0 Å². The Morgan fingerprint density at radius 2 is 1.69 bits per heavy atom. The average molecular weight is 363 g/mol. The van der Waals surface area contributed by atoms with Crippen LogP contribution in [0.2, 0.25) is 0 Å². The van der Waals surface area contributed by atoms with Crippen LogP contribution in [0.4, 0.5) is 14.5 Å². The van der Waals surface area contributed by atoms with Crippen molar-refractivity contribution in [3.8, 4) is 5.75 Å². The first-order valence-electron chi connectivity index (χ1n) is 8.06. The van der Waals surface area contributed by atoms with Gasteiger partial charge in [0.05, 0.1) is 11.6 Å². The fraction of sp³-hybridized carbons (Fsp3) is 0.263. The zero-order valence-electron chi connectivity index (χ0n) is 14.2. The van der Waals surface area contributed by atoms with Gasteiger partial charge >= 0.3 is 12.6 Å². The number of rotatable bonds is 8. The molecule has 1 atom stereocenters. The van der Waals surface area contributed by atoms with Crippen molar-refractivity contribution in [2.75, 3.05) is 11.9 Å². The Kier molecular flexibility index (Phi) is 7.08. The summed E-state index contributed by atoms with van der Waals surface area (Å²) in [5.41, 5.74) is 0.875. The molecule has 0 heterocycles. The monoisotopic (exact) mass is 363 g/mol. The van der Waals surface area contributed by atoms with Crippen molar-refractivity contribution in [2.24, 2.45) is 0 Å². The summed E-state index contributed by atoms with van der Waals surface area (Å²) in [6, 6.07) is 14.9. The van der Waals surface area contributed by atoms with E-state index in [9.17, 15) is 18.4 Å².